The fourth-order valence-electron chi connectivity index (χ4n) is 2.61. The van der Waals surface area contributed by atoms with Gasteiger partial charge in [0.25, 0.3) is 11.8 Å². The summed E-state index contributed by atoms with van der Waals surface area (Å²) < 4.78 is 5.21. The minimum atomic E-state index is -0.422. The molecule has 0 bridgehead atoms. The van der Waals surface area contributed by atoms with E-state index in [1.807, 2.05) is 0 Å². The SMILES string of the molecule is COc1ccc(NC(=O)C(C)C)c(N2C(=O)c3ccccc3C2=O)c1. The second kappa shape index (κ2) is 6.39. The summed E-state index contributed by atoms with van der Waals surface area (Å²) in [7, 11) is 1.49. The topological polar surface area (TPSA) is 75.7 Å². The molecule has 3 rings (SSSR count). The Kier molecular flexibility index (Phi) is 4.27. The average Bonchev–Trinajstić information content (AvgIpc) is 2.86. The Hall–Kier alpha value is -3.15. The predicted molar refractivity (Wildman–Crippen MR) is 94.0 cm³/mol. The maximum absolute atomic E-state index is 12.7. The summed E-state index contributed by atoms with van der Waals surface area (Å²) in [6.45, 7) is 3.53. The molecule has 0 aromatic heterocycles. The second-order valence-corrected chi connectivity index (χ2v) is 6.02. The van der Waals surface area contributed by atoms with Crippen molar-refractivity contribution in [2.45, 2.75) is 13.8 Å². The van der Waals surface area contributed by atoms with Crippen LogP contribution in [0.25, 0.3) is 0 Å². The maximum Gasteiger partial charge on any atom is 0.266 e. The molecule has 1 aliphatic rings. The van der Waals surface area contributed by atoms with Crippen molar-refractivity contribution in [2.24, 2.45) is 5.92 Å². The largest absolute Gasteiger partial charge is 0.497 e. The van der Waals surface area contributed by atoms with Gasteiger partial charge in [0.2, 0.25) is 5.91 Å². The number of methoxy groups -OCH3 is 1. The summed E-state index contributed by atoms with van der Waals surface area (Å²) in [4.78, 5) is 38.6. The average molecular weight is 338 g/mol. The first-order valence-electron chi connectivity index (χ1n) is 7.90. The van der Waals surface area contributed by atoms with Crippen LogP contribution in [0, 0.1) is 5.92 Å². The van der Waals surface area contributed by atoms with Gasteiger partial charge >= 0.3 is 0 Å². The van der Waals surface area contributed by atoms with Gasteiger partial charge in [-0.3, -0.25) is 14.4 Å². The molecule has 2 aromatic carbocycles. The van der Waals surface area contributed by atoms with E-state index in [9.17, 15) is 14.4 Å². The third-order valence-corrected chi connectivity index (χ3v) is 4.02. The van der Waals surface area contributed by atoms with Crippen LogP contribution in [0.5, 0.6) is 5.75 Å². The van der Waals surface area contributed by atoms with Crippen molar-refractivity contribution in [3.63, 3.8) is 0 Å². The molecule has 0 fully saturated rings. The van der Waals surface area contributed by atoms with Gasteiger partial charge in [-0.1, -0.05) is 26.0 Å². The van der Waals surface area contributed by atoms with Crippen LogP contribution in [-0.4, -0.2) is 24.8 Å². The van der Waals surface area contributed by atoms with Crippen LogP contribution in [-0.2, 0) is 4.79 Å². The molecule has 1 heterocycles. The third kappa shape index (κ3) is 2.87. The smallest absolute Gasteiger partial charge is 0.266 e. The zero-order valence-electron chi connectivity index (χ0n) is 14.2. The molecule has 0 unspecified atom stereocenters. The summed E-state index contributed by atoms with van der Waals surface area (Å²) in [6, 6.07) is 11.5. The number of hydrogen-bond donors (Lipinski definition) is 1. The highest BCUT2D eigenvalue weighted by Gasteiger charge is 2.37. The highest BCUT2D eigenvalue weighted by Crippen LogP contribution is 2.36. The molecule has 0 atom stereocenters. The van der Waals surface area contributed by atoms with Crippen molar-refractivity contribution in [3.05, 3.63) is 53.6 Å². The lowest BCUT2D eigenvalue weighted by molar-refractivity contribution is -0.118. The van der Waals surface area contributed by atoms with Crippen molar-refractivity contribution < 1.29 is 19.1 Å². The Morgan fingerprint density at radius 3 is 2.16 bits per heavy atom. The van der Waals surface area contributed by atoms with E-state index in [0.29, 0.717) is 28.3 Å². The Morgan fingerprint density at radius 1 is 1.04 bits per heavy atom. The predicted octanol–water partition coefficient (Wildman–Crippen LogP) is 3.09. The van der Waals surface area contributed by atoms with Crippen molar-refractivity contribution in [2.75, 3.05) is 17.3 Å². The highest BCUT2D eigenvalue weighted by atomic mass is 16.5. The van der Waals surface area contributed by atoms with E-state index in [1.165, 1.54) is 7.11 Å². The molecule has 0 aliphatic carbocycles. The fraction of sp³-hybridized carbons (Fsp3) is 0.211. The summed E-state index contributed by atoms with van der Waals surface area (Å²) in [5, 5.41) is 2.77. The first kappa shape index (κ1) is 16.7. The Labute approximate surface area is 145 Å². The molecule has 0 saturated heterocycles. The molecular weight excluding hydrogens is 320 g/mol. The Bertz CT molecular complexity index is 838. The quantitative estimate of drug-likeness (QED) is 0.869. The summed E-state index contributed by atoms with van der Waals surface area (Å²) in [6.07, 6.45) is 0. The molecule has 1 aliphatic heterocycles. The van der Waals surface area contributed by atoms with Crippen LogP contribution in [0.15, 0.2) is 42.5 Å². The number of carbonyl (C=O) groups is 3. The first-order chi connectivity index (χ1) is 11.9. The molecule has 128 valence electrons. The number of amides is 3. The first-order valence-corrected chi connectivity index (χ1v) is 7.90. The Balaban J connectivity index is 2.08. The van der Waals surface area contributed by atoms with E-state index >= 15 is 0 Å². The number of carbonyl (C=O) groups excluding carboxylic acids is 3. The number of nitrogens with one attached hydrogen (secondary N) is 1. The molecule has 2 aromatic rings. The van der Waals surface area contributed by atoms with Gasteiger partial charge in [-0.05, 0) is 24.3 Å². The normalized spacial score (nSPS) is 13.2. The van der Waals surface area contributed by atoms with Crippen LogP contribution in [0.2, 0.25) is 0 Å². The van der Waals surface area contributed by atoms with Gasteiger partial charge in [-0.15, -0.1) is 0 Å². The molecule has 6 heteroatoms. The summed E-state index contributed by atoms with van der Waals surface area (Å²) in [5.74, 6) is -0.808. The lowest BCUT2D eigenvalue weighted by atomic mass is 10.1. The monoisotopic (exact) mass is 338 g/mol. The number of ether oxygens (including phenoxy) is 1. The van der Waals surface area contributed by atoms with Crippen LogP contribution in [0.1, 0.15) is 34.6 Å². The number of hydrogen-bond acceptors (Lipinski definition) is 4. The summed E-state index contributed by atoms with van der Waals surface area (Å²) in [5.41, 5.74) is 1.36. The Morgan fingerprint density at radius 2 is 1.64 bits per heavy atom. The molecule has 1 N–H and O–H groups in total. The zero-order valence-corrected chi connectivity index (χ0v) is 14.2. The molecular formula is C19H18N2O4. The lowest BCUT2D eigenvalue weighted by Gasteiger charge is -2.20. The van der Waals surface area contributed by atoms with E-state index in [-0.39, 0.29) is 11.8 Å². The number of fused-ring (bicyclic) bond motifs is 1. The van der Waals surface area contributed by atoms with E-state index in [0.717, 1.165) is 4.90 Å². The van der Waals surface area contributed by atoms with E-state index in [1.54, 1.807) is 56.3 Å². The van der Waals surface area contributed by atoms with Crippen LogP contribution in [0.3, 0.4) is 0 Å². The standard InChI is InChI=1S/C19H18N2O4/c1-11(2)17(22)20-15-9-8-12(25-3)10-16(15)21-18(23)13-6-4-5-7-14(13)19(21)24/h4-11H,1-3H3,(H,20,22). The van der Waals surface area contributed by atoms with Crippen molar-refractivity contribution in [3.8, 4) is 5.75 Å². The van der Waals surface area contributed by atoms with Crippen LogP contribution >= 0.6 is 0 Å². The van der Waals surface area contributed by atoms with Gasteiger partial charge in [0, 0.05) is 12.0 Å². The molecule has 3 amide bonds. The molecule has 25 heavy (non-hydrogen) atoms. The molecule has 0 saturated carbocycles. The van der Waals surface area contributed by atoms with E-state index in [2.05, 4.69) is 5.32 Å². The van der Waals surface area contributed by atoms with Crippen molar-refractivity contribution in [1.82, 2.24) is 0 Å². The van der Waals surface area contributed by atoms with Crippen LogP contribution in [0.4, 0.5) is 11.4 Å². The molecule has 6 nitrogen and oxygen atoms in total. The minimum absolute atomic E-state index is 0.206. The fourth-order valence-corrected chi connectivity index (χ4v) is 2.61. The van der Waals surface area contributed by atoms with Gasteiger partial charge in [0.1, 0.15) is 5.75 Å². The number of benzene rings is 2. The van der Waals surface area contributed by atoms with Gasteiger partial charge in [0.05, 0.1) is 29.6 Å². The van der Waals surface area contributed by atoms with Gasteiger partial charge in [-0.2, -0.15) is 0 Å². The number of rotatable bonds is 4. The van der Waals surface area contributed by atoms with Gasteiger partial charge in [0.15, 0.2) is 0 Å². The van der Waals surface area contributed by atoms with Gasteiger partial charge < -0.3 is 10.1 Å². The van der Waals surface area contributed by atoms with Gasteiger partial charge in [-0.25, -0.2) is 4.90 Å². The second-order valence-electron chi connectivity index (χ2n) is 6.02. The number of nitrogens with zero attached hydrogens (tertiary/aromatic N) is 1. The van der Waals surface area contributed by atoms with E-state index in [4.69, 9.17) is 4.74 Å². The number of anilines is 2. The molecule has 0 radical (unpaired) electrons. The minimum Gasteiger partial charge on any atom is -0.497 e. The summed E-state index contributed by atoms with van der Waals surface area (Å²) >= 11 is 0. The van der Waals surface area contributed by atoms with Crippen molar-refractivity contribution >= 4 is 29.1 Å². The zero-order chi connectivity index (χ0) is 18.1. The lowest BCUT2D eigenvalue weighted by Crippen LogP contribution is -2.31. The maximum atomic E-state index is 12.7. The highest BCUT2D eigenvalue weighted by molar-refractivity contribution is 6.35. The van der Waals surface area contributed by atoms with Crippen LogP contribution < -0.4 is 15.0 Å². The van der Waals surface area contributed by atoms with E-state index < -0.39 is 11.8 Å². The van der Waals surface area contributed by atoms with Crippen molar-refractivity contribution in [1.29, 1.82) is 0 Å². The number of imide groups is 1. The molecule has 0 spiro atoms. The third-order valence-electron chi connectivity index (χ3n) is 4.02.